The molecule has 146 valence electrons. The Morgan fingerprint density at radius 2 is 1.96 bits per heavy atom. The second-order valence-electron chi connectivity index (χ2n) is 8.19. The van der Waals surface area contributed by atoms with Crippen molar-refractivity contribution in [3.05, 3.63) is 41.9 Å². The predicted molar refractivity (Wildman–Crippen MR) is 102 cm³/mol. The fourth-order valence-corrected chi connectivity index (χ4v) is 3.55. The predicted octanol–water partition coefficient (Wildman–Crippen LogP) is 3.75. The van der Waals surface area contributed by atoms with Gasteiger partial charge in [0.15, 0.2) is 11.6 Å². The number of carbonyl (C=O) groups excluding carboxylic acids is 1. The first-order chi connectivity index (χ1) is 13.1. The Hall–Kier alpha value is -3.16. The molecule has 0 spiro atoms. The molecule has 0 radical (unpaired) electrons. The molecule has 1 aliphatic carbocycles. The molecule has 3 N–H and O–H groups in total. The van der Waals surface area contributed by atoms with Crippen molar-refractivity contribution >= 4 is 23.3 Å². The third kappa shape index (κ3) is 2.76. The first-order valence-electron chi connectivity index (χ1n) is 9.01. The number of anilines is 1. The summed E-state index contributed by atoms with van der Waals surface area (Å²) in [7, 11) is 0. The molecule has 1 saturated carbocycles. The highest BCUT2D eigenvalue weighted by Crippen LogP contribution is 2.39. The minimum atomic E-state index is -1.14. The van der Waals surface area contributed by atoms with E-state index in [1.807, 2.05) is 20.8 Å². The summed E-state index contributed by atoms with van der Waals surface area (Å²) >= 11 is 0. The zero-order chi connectivity index (χ0) is 20.4. The molecular formula is C20H21FN4O3. The maximum Gasteiger partial charge on any atom is 0.416 e. The minimum absolute atomic E-state index is 0.0471. The van der Waals surface area contributed by atoms with Gasteiger partial charge in [-0.25, -0.2) is 14.2 Å². The van der Waals surface area contributed by atoms with Crippen molar-refractivity contribution < 1.29 is 19.1 Å². The van der Waals surface area contributed by atoms with Crippen LogP contribution in [0.5, 0.6) is 0 Å². The molecule has 8 heteroatoms. The molecule has 0 unspecified atom stereocenters. The number of imidazole rings is 1. The maximum absolute atomic E-state index is 13.4. The lowest BCUT2D eigenvalue weighted by molar-refractivity contribution is 0.0952. The monoisotopic (exact) mass is 384 g/mol. The van der Waals surface area contributed by atoms with Crippen molar-refractivity contribution in [2.24, 2.45) is 5.92 Å². The molecule has 3 heterocycles. The fourth-order valence-electron chi connectivity index (χ4n) is 3.55. The van der Waals surface area contributed by atoms with E-state index in [4.69, 9.17) is 5.73 Å². The number of halogens is 1. The van der Waals surface area contributed by atoms with Gasteiger partial charge in [-0.1, -0.05) is 20.8 Å². The molecule has 3 aromatic rings. The van der Waals surface area contributed by atoms with Crippen LogP contribution in [0.2, 0.25) is 0 Å². The van der Waals surface area contributed by atoms with Crippen LogP contribution in [0.3, 0.4) is 0 Å². The van der Waals surface area contributed by atoms with E-state index in [1.54, 1.807) is 24.4 Å². The molecule has 2 atom stereocenters. The van der Waals surface area contributed by atoms with E-state index in [1.165, 1.54) is 10.6 Å². The van der Waals surface area contributed by atoms with E-state index >= 15 is 0 Å². The Morgan fingerprint density at radius 1 is 1.29 bits per heavy atom. The number of nitrogens with zero attached hydrogens (tertiary/aromatic N) is 3. The van der Waals surface area contributed by atoms with Gasteiger partial charge in [-0.15, -0.1) is 0 Å². The number of nitrogens with two attached hydrogens (primary N) is 1. The van der Waals surface area contributed by atoms with Crippen LogP contribution in [0.4, 0.5) is 15.0 Å². The van der Waals surface area contributed by atoms with Crippen molar-refractivity contribution in [3.63, 3.8) is 0 Å². The first-order valence-corrected chi connectivity index (χ1v) is 9.01. The van der Waals surface area contributed by atoms with Crippen LogP contribution in [0.25, 0.3) is 16.9 Å². The summed E-state index contributed by atoms with van der Waals surface area (Å²) in [6, 6.07) is 5.20. The molecule has 1 fully saturated rings. The molecule has 28 heavy (non-hydrogen) atoms. The normalized spacial score (nSPS) is 19.1. The topological polar surface area (TPSA) is 103 Å². The summed E-state index contributed by atoms with van der Waals surface area (Å²) < 4.78 is 16.1. The molecule has 1 aliphatic rings. The number of Topliss-reactive ketones (excluding diaryl/α,β-unsaturated/α-hetero) is 1. The van der Waals surface area contributed by atoms with Gasteiger partial charge in [-0.3, -0.25) is 13.8 Å². The van der Waals surface area contributed by atoms with Crippen molar-refractivity contribution in [2.45, 2.75) is 38.8 Å². The second-order valence-corrected chi connectivity index (χ2v) is 8.19. The van der Waals surface area contributed by atoms with Gasteiger partial charge in [-0.2, -0.15) is 0 Å². The van der Waals surface area contributed by atoms with Gasteiger partial charge in [-0.05, 0) is 35.6 Å². The summed E-state index contributed by atoms with van der Waals surface area (Å²) in [6.45, 7) is 5.99. The number of hydrogen-bond donors (Lipinski definition) is 2. The zero-order valence-corrected chi connectivity index (χ0v) is 15.8. The Kier molecular flexibility index (Phi) is 3.85. The van der Waals surface area contributed by atoms with Crippen LogP contribution >= 0.6 is 0 Å². The Balaban J connectivity index is 1.93. The lowest BCUT2D eigenvalue weighted by Gasteiger charge is -2.20. The summed E-state index contributed by atoms with van der Waals surface area (Å²) in [5, 5.41) is 9.60. The highest BCUT2D eigenvalue weighted by Gasteiger charge is 2.45. The van der Waals surface area contributed by atoms with Crippen LogP contribution in [-0.4, -0.2) is 37.1 Å². The maximum atomic E-state index is 13.4. The number of hydrogen-bond acceptors (Lipinski definition) is 4. The van der Waals surface area contributed by atoms with Crippen molar-refractivity contribution in [3.8, 4) is 11.3 Å². The molecule has 7 nitrogen and oxygen atoms in total. The molecular weight excluding hydrogens is 363 g/mol. The zero-order valence-electron chi connectivity index (χ0n) is 15.8. The summed E-state index contributed by atoms with van der Waals surface area (Å²) in [6.07, 6.45) is 1.10. The second kappa shape index (κ2) is 5.92. The van der Waals surface area contributed by atoms with E-state index < -0.39 is 18.2 Å². The number of nitrogen functional groups attached to an aromatic ring is 1. The van der Waals surface area contributed by atoms with Crippen molar-refractivity contribution in [1.82, 2.24) is 14.0 Å². The van der Waals surface area contributed by atoms with Gasteiger partial charge in [0.1, 0.15) is 17.5 Å². The van der Waals surface area contributed by atoms with Gasteiger partial charge in [0, 0.05) is 18.0 Å². The summed E-state index contributed by atoms with van der Waals surface area (Å²) in [5.41, 5.74) is 8.20. The van der Waals surface area contributed by atoms with Crippen molar-refractivity contribution in [1.29, 1.82) is 0 Å². The van der Waals surface area contributed by atoms with E-state index in [0.29, 0.717) is 16.9 Å². The quantitative estimate of drug-likeness (QED) is 0.670. The van der Waals surface area contributed by atoms with Gasteiger partial charge >= 0.3 is 6.09 Å². The number of carbonyl (C=O) groups is 2. The van der Waals surface area contributed by atoms with Crippen LogP contribution in [0.15, 0.2) is 30.6 Å². The van der Waals surface area contributed by atoms with Crippen LogP contribution in [0.1, 0.15) is 43.2 Å². The lowest BCUT2D eigenvalue weighted by atomic mass is 9.85. The SMILES string of the molecule is CC(C)(C)c1ccn(C(=O)O)c1-c1ccc2nc(N)c(C(=O)[C@@H]3C[C@@H]3F)n2c1. The first kappa shape index (κ1) is 18.2. The minimum Gasteiger partial charge on any atom is -0.464 e. The number of rotatable bonds is 3. The van der Waals surface area contributed by atoms with E-state index in [0.717, 1.165) is 10.1 Å². The van der Waals surface area contributed by atoms with Crippen LogP contribution < -0.4 is 5.73 Å². The number of fused-ring (bicyclic) bond motifs is 1. The largest absolute Gasteiger partial charge is 0.464 e. The molecule has 0 saturated heterocycles. The van der Waals surface area contributed by atoms with Crippen molar-refractivity contribution in [2.75, 3.05) is 5.73 Å². The third-order valence-corrected chi connectivity index (χ3v) is 5.10. The average Bonchev–Trinajstić information content (AvgIpc) is 3.04. The smallest absolute Gasteiger partial charge is 0.416 e. The molecule has 0 aromatic carbocycles. The number of aromatic nitrogens is 3. The number of pyridine rings is 1. The molecule has 4 rings (SSSR count). The Bertz CT molecular complexity index is 1120. The van der Waals surface area contributed by atoms with E-state index in [-0.39, 0.29) is 29.1 Å². The summed E-state index contributed by atoms with van der Waals surface area (Å²) in [5.74, 6) is -1.01. The van der Waals surface area contributed by atoms with Gasteiger partial charge in [0.05, 0.1) is 11.6 Å². The molecule has 0 bridgehead atoms. The highest BCUT2D eigenvalue weighted by atomic mass is 19.1. The van der Waals surface area contributed by atoms with E-state index in [9.17, 15) is 19.1 Å². The molecule has 0 amide bonds. The Labute approximate surface area is 160 Å². The average molecular weight is 384 g/mol. The van der Waals surface area contributed by atoms with Gasteiger partial charge < -0.3 is 10.8 Å². The highest BCUT2D eigenvalue weighted by molar-refractivity contribution is 6.03. The standard InChI is InChI=1S/C20H21FN4O3/c1-20(2,3)12-6-7-24(19(27)28)15(12)10-4-5-14-23-18(22)16(25(14)9-10)17(26)11-8-13(11)21/h4-7,9,11,13H,8,22H2,1-3H3,(H,27,28)/t11-,13+/m1/s1. The number of alkyl halides is 1. The third-order valence-electron chi connectivity index (χ3n) is 5.10. The molecule has 3 aromatic heterocycles. The van der Waals surface area contributed by atoms with Crippen LogP contribution in [0, 0.1) is 5.92 Å². The molecule has 0 aliphatic heterocycles. The van der Waals surface area contributed by atoms with Crippen LogP contribution in [-0.2, 0) is 5.41 Å². The Morgan fingerprint density at radius 3 is 2.54 bits per heavy atom. The van der Waals surface area contributed by atoms with Gasteiger partial charge in [0.2, 0.25) is 0 Å². The lowest BCUT2D eigenvalue weighted by Crippen LogP contribution is -2.15. The van der Waals surface area contributed by atoms with E-state index in [2.05, 4.69) is 4.98 Å². The summed E-state index contributed by atoms with van der Waals surface area (Å²) in [4.78, 5) is 28.6. The number of ketones is 1. The fraction of sp³-hybridized carbons (Fsp3) is 0.350. The number of carboxylic acid groups (broad SMARTS) is 1. The van der Waals surface area contributed by atoms with Gasteiger partial charge in [0.25, 0.3) is 0 Å².